The van der Waals surface area contributed by atoms with E-state index in [0.29, 0.717) is 26.1 Å². The zero-order valence-electron chi connectivity index (χ0n) is 15.8. The minimum atomic E-state index is 0.00811. The van der Waals surface area contributed by atoms with Gasteiger partial charge in [-0.05, 0) is 42.3 Å². The number of H-pyrrole nitrogens is 1. The molecular formula is C22H25N3O2S. The molecule has 0 spiro atoms. The number of para-hydroxylation sites is 1. The van der Waals surface area contributed by atoms with Crippen LogP contribution < -0.4 is 5.32 Å². The molecule has 0 bridgehead atoms. The Morgan fingerprint density at radius 3 is 2.75 bits per heavy atom. The Labute approximate surface area is 168 Å². The number of carbonyl (C=O) groups is 2. The normalized spacial score (nSPS) is 15.1. The van der Waals surface area contributed by atoms with Crippen LogP contribution in [-0.4, -0.2) is 41.3 Å². The Morgan fingerprint density at radius 1 is 1.14 bits per heavy atom. The van der Waals surface area contributed by atoms with Gasteiger partial charge in [0.05, 0.1) is 6.42 Å². The van der Waals surface area contributed by atoms with E-state index in [0.717, 1.165) is 29.7 Å². The molecule has 4 rings (SSSR count). The summed E-state index contributed by atoms with van der Waals surface area (Å²) in [5.74, 6) is 0.291. The summed E-state index contributed by atoms with van der Waals surface area (Å²) in [6.45, 7) is 1.98. The van der Waals surface area contributed by atoms with Crippen molar-refractivity contribution in [3.05, 3.63) is 58.4 Å². The number of nitrogens with one attached hydrogen (secondary N) is 2. The van der Waals surface area contributed by atoms with Crippen molar-refractivity contribution in [3.8, 4) is 0 Å². The minimum Gasteiger partial charge on any atom is -0.361 e. The predicted octanol–water partition coefficient (Wildman–Crippen LogP) is 3.37. The van der Waals surface area contributed by atoms with Crippen LogP contribution in [0.1, 0.15) is 23.3 Å². The molecule has 28 heavy (non-hydrogen) atoms. The first kappa shape index (κ1) is 18.7. The van der Waals surface area contributed by atoms with E-state index >= 15 is 0 Å². The summed E-state index contributed by atoms with van der Waals surface area (Å²) in [5, 5.41) is 6.29. The Kier molecular flexibility index (Phi) is 5.76. The van der Waals surface area contributed by atoms with Gasteiger partial charge in [-0.1, -0.05) is 24.3 Å². The Bertz CT molecular complexity index is 940. The van der Waals surface area contributed by atoms with Crippen molar-refractivity contribution in [2.24, 2.45) is 5.92 Å². The minimum absolute atomic E-state index is 0.00811. The molecule has 0 atom stereocenters. The molecule has 5 nitrogen and oxygen atoms in total. The van der Waals surface area contributed by atoms with Gasteiger partial charge in [0.15, 0.2) is 0 Å². The number of rotatable bonds is 6. The summed E-state index contributed by atoms with van der Waals surface area (Å²) in [6, 6.07) is 12.2. The number of likely N-dealkylation sites (tertiary alicyclic amines) is 1. The number of aromatic amines is 1. The van der Waals surface area contributed by atoms with Crippen LogP contribution in [0.5, 0.6) is 0 Å². The maximum absolute atomic E-state index is 12.5. The molecule has 1 aromatic carbocycles. The van der Waals surface area contributed by atoms with Gasteiger partial charge in [-0.15, -0.1) is 11.3 Å². The van der Waals surface area contributed by atoms with Crippen LogP contribution in [0.15, 0.2) is 48.0 Å². The first-order chi connectivity index (χ1) is 13.7. The number of benzene rings is 1. The monoisotopic (exact) mass is 395 g/mol. The number of hydrogen-bond donors (Lipinski definition) is 2. The predicted molar refractivity (Wildman–Crippen MR) is 112 cm³/mol. The number of nitrogens with zero attached hydrogens (tertiary/aromatic N) is 1. The lowest BCUT2D eigenvalue weighted by atomic mass is 9.95. The molecule has 1 saturated heterocycles. The van der Waals surface area contributed by atoms with Crippen molar-refractivity contribution in [1.82, 2.24) is 15.2 Å². The first-order valence-electron chi connectivity index (χ1n) is 9.83. The summed E-state index contributed by atoms with van der Waals surface area (Å²) >= 11 is 1.62. The van der Waals surface area contributed by atoms with Crippen molar-refractivity contribution in [1.29, 1.82) is 0 Å². The lowest BCUT2D eigenvalue weighted by molar-refractivity contribution is -0.135. The van der Waals surface area contributed by atoms with Crippen LogP contribution in [0.2, 0.25) is 0 Å². The van der Waals surface area contributed by atoms with Crippen molar-refractivity contribution in [3.63, 3.8) is 0 Å². The lowest BCUT2D eigenvalue weighted by Gasteiger charge is -2.31. The summed E-state index contributed by atoms with van der Waals surface area (Å²) < 4.78 is 0. The van der Waals surface area contributed by atoms with Crippen LogP contribution in [0.3, 0.4) is 0 Å². The van der Waals surface area contributed by atoms with Gasteiger partial charge in [0.1, 0.15) is 0 Å². The molecule has 1 aliphatic rings. The van der Waals surface area contributed by atoms with Crippen molar-refractivity contribution in [2.45, 2.75) is 25.7 Å². The SMILES string of the molecule is O=C(NCCc1c[nH]c2ccccc12)C1CCN(C(=O)Cc2cccs2)CC1. The van der Waals surface area contributed by atoms with E-state index in [4.69, 9.17) is 0 Å². The number of hydrogen-bond acceptors (Lipinski definition) is 3. The maximum atomic E-state index is 12.5. The summed E-state index contributed by atoms with van der Waals surface area (Å²) in [6.07, 6.45) is 4.80. The molecule has 3 aromatic rings. The van der Waals surface area contributed by atoms with Gasteiger partial charge < -0.3 is 15.2 Å². The van der Waals surface area contributed by atoms with Gasteiger partial charge in [0.25, 0.3) is 0 Å². The lowest BCUT2D eigenvalue weighted by Crippen LogP contribution is -2.43. The van der Waals surface area contributed by atoms with E-state index in [2.05, 4.69) is 22.4 Å². The van der Waals surface area contributed by atoms with Gasteiger partial charge in [0, 0.05) is 47.5 Å². The molecule has 6 heteroatoms. The molecular weight excluding hydrogens is 370 g/mol. The number of fused-ring (bicyclic) bond motifs is 1. The zero-order valence-corrected chi connectivity index (χ0v) is 16.6. The number of amides is 2. The summed E-state index contributed by atoms with van der Waals surface area (Å²) in [4.78, 5) is 31.2. The van der Waals surface area contributed by atoms with Gasteiger partial charge in [-0.3, -0.25) is 9.59 Å². The summed E-state index contributed by atoms with van der Waals surface area (Å²) in [7, 11) is 0. The second-order valence-electron chi connectivity index (χ2n) is 7.31. The molecule has 0 saturated carbocycles. The van der Waals surface area contributed by atoms with Crippen LogP contribution in [-0.2, 0) is 22.4 Å². The number of aromatic nitrogens is 1. The van der Waals surface area contributed by atoms with Gasteiger partial charge in [0.2, 0.25) is 11.8 Å². The molecule has 146 valence electrons. The zero-order chi connectivity index (χ0) is 19.3. The molecule has 1 aliphatic heterocycles. The molecule has 3 heterocycles. The second-order valence-corrected chi connectivity index (χ2v) is 8.34. The van der Waals surface area contributed by atoms with E-state index in [1.54, 1.807) is 11.3 Å². The molecule has 0 radical (unpaired) electrons. The van der Waals surface area contributed by atoms with Crippen molar-refractivity contribution < 1.29 is 9.59 Å². The van der Waals surface area contributed by atoms with Crippen LogP contribution in [0.4, 0.5) is 0 Å². The van der Waals surface area contributed by atoms with E-state index in [-0.39, 0.29) is 17.7 Å². The third kappa shape index (κ3) is 4.28. The third-order valence-corrected chi connectivity index (χ3v) is 6.37. The molecule has 0 unspecified atom stereocenters. The van der Waals surface area contributed by atoms with E-state index in [9.17, 15) is 9.59 Å². The number of piperidine rings is 1. The highest BCUT2D eigenvalue weighted by molar-refractivity contribution is 7.10. The molecule has 0 aliphatic carbocycles. The van der Waals surface area contributed by atoms with Crippen LogP contribution >= 0.6 is 11.3 Å². The van der Waals surface area contributed by atoms with Gasteiger partial charge in [-0.25, -0.2) is 0 Å². The highest BCUT2D eigenvalue weighted by Crippen LogP contribution is 2.20. The van der Waals surface area contributed by atoms with Gasteiger partial charge in [-0.2, -0.15) is 0 Å². The smallest absolute Gasteiger partial charge is 0.227 e. The van der Waals surface area contributed by atoms with Crippen molar-refractivity contribution in [2.75, 3.05) is 19.6 Å². The number of carbonyl (C=O) groups excluding carboxylic acids is 2. The molecule has 2 amide bonds. The highest BCUT2D eigenvalue weighted by Gasteiger charge is 2.27. The average Bonchev–Trinajstić information content (AvgIpc) is 3.38. The molecule has 2 aromatic heterocycles. The van der Waals surface area contributed by atoms with Crippen LogP contribution in [0.25, 0.3) is 10.9 Å². The van der Waals surface area contributed by atoms with E-state index in [1.165, 1.54) is 10.9 Å². The van der Waals surface area contributed by atoms with E-state index in [1.807, 2.05) is 40.7 Å². The largest absolute Gasteiger partial charge is 0.361 e. The fourth-order valence-corrected chi connectivity index (χ4v) is 4.56. The van der Waals surface area contributed by atoms with Gasteiger partial charge >= 0.3 is 0 Å². The third-order valence-electron chi connectivity index (χ3n) is 5.49. The fraction of sp³-hybridized carbons (Fsp3) is 0.364. The number of thiophene rings is 1. The quantitative estimate of drug-likeness (QED) is 0.672. The average molecular weight is 396 g/mol. The topological polar surface area (TPSA) is 65.2 Å². The Balaban J connectivity index is 1.21. The second kappa shape index (κ2) is 8.61. The van der Waals surface area contributed by atoms with E-state index < -0.39 is 0 Å². The maximum Gasteiger partial charge on any atom is 0.227 e. The Morgan fingerprint density at radius 2 is 1.96 bits per heavy atom. The highest BCUT2D eigenvalue weighted by atomic mass is 32.1. The first-order valence-corrected chi connectivity index (χ1v) is 10.7. The Hall–Kier alpha value is -2.60. The molecule has 2 N–H and O–H groups in total. The fourth-order valence-electron chi connectivity index (χ4n) is 3.87. The summed E-state index contributed by atoms with van der Waals surface area (Å²) in [5.41, 5.74) is 2.35. The van der Waals surface area contributed by atoms with Crippen LogP contribution in [0, 0.1) is 5.92 Å². The molecule has 1 fully saturated rings. The van der Waals surface area contributed by atoms with Crippen molar-refractivity contribution >= 4 is 34.1 Å². The standard InChI is InChI=1S/C22H25N3O2S/c26-21(14-18-4-3-13-28-18)25-11-8-16(9-12-25)22(27)23-10-7-17-15-24-20-6-2-1-5-19(17)20/h1-6,13,15-16,24H,7-12,14H2,(H,23,27).